The molecule has 0 saturated heterocycles. The Bertz CT molecular complexity index is 435. The fourth-order valence-electron chi connectivity index (χ4n) is 2.27. The van der Waals surface area contributed by atoms with Crippen molar-refractivity contribution < 1.29 is 17.9 Å². The molecule has 1 fully saturated rings. The van der Waals surface area contributed by atoms with Crippen LogP contribution in [0, 0.1) is 17.2 Å². The van der Waals surface area contributed by atoms with E-state index in [1.54, 1.807) is 0 Å². The van der Waals surface area contributed by atoms with Gasteiger partial charge in [-0.15, -0.1) is 0 Å². The van der Waals surface area contributed by atoms with Crippen LogP contribution in [0.3, 0.4) is 0 Å². The summed E-state index contributed by atoms with van der Waals surface area (Å²) in [6.07, 6.45) is 4.76. The zero-order valence-electron chi connectivity index (χ0n) is 11.1. The number of nitrogens with one attached hydrogen (secondary N) is 1. The number of nitriles is 1. The van der Waals surface area contributed by atoms with Crippen molar-refractivity contribution in [2.24, 2.45) is 5.92 Å². The summed E-state index contributed by atoms with van der Waals surface area (Å²) < 4.78 is 30.4. The molecular formula is C12H20N2O4S. The normalized spacial score (nSPS) is 18.5. The number of ether oxygens (including phenoxy) is 1. The summed E-state index contributed by atoms with van der Waals surface area (Å²) in [4.78, 5) is 10.9. The van der Waals surface area contributed by atoms with Gasteiger partial charge in [0.2, 0.25) is 10.0 Å². The number of methoxy groups -OCH3 is 1. The molecule has 7 heteroatoms. The molecule has 0 bridgehead atoms. The Morgan fingerprint density at radius 1 is 1.42 bits per heavy atom. The molecule has 1 N–H and O–H groups in total. The summed E-state index contributed by atoms with van der Waals surface area (Å²) in [5, 5.41) is 9.10. The third-order valence-electron chi connectivity index (χ3n) is 3.37. The Morgan fingerprint density at radius 3 is 2.58 bits per heavy atom. The molecule has 0 aromatic carbocycles. The van der Waals surface area contributed by atoms with Gasteiger partial charge in [0.25, 0.3) is 0 Å². The zero-order chi connectivity index (χ0) is 14.3. The second-order valence-corrected chi connectivity index (χ2v) is 6.64. The average Bonchev–Trinajstić information content (AvgIpc) is 2.43. The number of sulfonamides is 1. The van der Waals surface area contributed by atoms with E-state index in [4.69, 9.17) is 5.26 Å². The lowest BCUT2D eigenvalue weighted by Crippen LogP contribution is -2.41. The summed E-state index contributed by atoms with van der Waals surface area (Å²) in [6.45, 7) is 0. The third kappa shape index (κ3) is 5.57. The van der Waals surface area contributed by atoms with E-state index < -0.39 is 22.0 Å². The molecule has 0 heterocycles. The highest BCUT2D eigenvalue weighted by molar-refractivity contribution is 7.89. The Hall–Kier alpha value is -1.13. The van der Waals surface area contributed by atoms with E-state index in [-0.39, 0.29) is 18.1 Å². The van der Waals surface area contributed by atoms with Crippen molar-refractivity contribution in [2.75, 3.05) is 12.9 Å². The molecule has 19 heavy (non-hydrogen) atoms. The highest BCUT2D eigenvalue weighted by atomic mass is 32.2. The fraction of sp³-hybridized carbons (Fsp3) is 0.833. The van der Waals surface area contributed by atoms with Crippen molar-refractivity contribution in [1.29, 1.82) is 5.26 Å². The molecule has 108 valence electrons. The lowest BCUT2D eigenvalue weighted by atomic mass is 9.85. The molecule has 1 rings (SSSR count). The van der Waals surface area contributed by atoms with Crippen molar-refractivity contribution in [3.05, 3.63) is 0 Å². The first kappa shape index (κ1) is 15.9. The van der Waals surface area contributed by atoms with Gasteiger partial charge < -0.3 is 4.74 Å². The van der Waals surface area contributed by atoms with E-state index >= 15 is 0 Å². The van der Waals surface area contributed by atoms with Crippen LogP contribution in [-0.4, -0.2) is 33.3 Å². The Kier molecular flexibility index (Phi) is 6.25. The molecule has 0 amide bonds. The molecule has 1 aliphatic carbocycles. The minimum atomic E-state index is -3.62. The minimum absolute atomic E-state index is 0.0756. The first-order chi connectivity index (χ1) is 8.98. The monoisotopic (exact) mass is 288 g/mol. The van der Waals surface area contributed by atoms with Gasteiger partial charge in [-0.3, -0.25) is 4.79 Å². The number of hydrogen-bond acceptors (Lipinski definition) is 5. The summed E-state index contributed by atoms with van der Waals surface area (Å²) in [6, 6.07) is 1.33. The van der Waals surface area contributed by atoms with Crippen LogP contribution in [0.2, 0.25) is 0 Å². The van der Waals surface area contributed by atoms with Gasteiger partial charge in [0.15, 0.2) is 0 Å². The highest BCUT2D eigenvalue weighted by Crippen LogP contribution is 2.26. The van der Waals surface area contributed by atoms with Crippen LogP contribution >= 0.6 is 0 Å². The zero-order valence-corrected chi connectivity index (χ0v) is 11.9. The number of esters is 1. The van der Waals surface area contributed by atoms with Crippen molar-refractivity contribution in [2.45, 2.75) is 44.6 Å². The molecule has 1 atom stereocenters. The van der Waals surface area contributed by atoms with Gasteiger partial charge in [-0.2, -0.15) is 9.98 Å². The molecule has 0 aliphatic heterocycles. The van der Waals surface area contributed by atoms with E-state index in [9.17, 15) is 13.2 Å². The molecule has 0 aromatic heterocycles. The van der Waals surface area contributed by atoms with E-state index in [0.29, 0.717) is 0 Å². The largest absolute Gasteiger partial charge is 0.469 e. The summed E-state index contributed by atoms with van der Waals surface area (Å²) >= 11 is 0. The highest BCUT2D eigenvalue weighted by Gasteiger charge is 2.27. The van der Waals surface area contributed by atoms with Crippen LogP contribution in [0.1, 0.15) is 38.5 Å². The molecule has 1 saturated carbocycles. The molecule has 1 aliphatic rings. The minimum Gasteiger partial charge on any atom is -0.469 e. The lowest BCUT2D eigenvalue weighted by Gasteiger charge is -2.26. The van der Waals surface area contributed by atoms with Crippen molar-refractivity contribution >= 4 is 16.0 Å². The molecule has 6 nitrogen and oxygen atoms in total. The number of carbonyl (C=O) groups excluding carboxylic acids is 1. The van der Waals surface area contributed by atoms with E-state index in [1.165, 1.54) is 7.11 Å². The predicted octanol–water partition coefficient (Wildman–Crippen LogP) is 0.941. The van der Waals surface area contributed by atoms with Crippen LogP contribution in [0.4, 0.5) is 0 Å². The smallest absolute Gasteiger partial charge is 0.306 e. The van der Waals surface area contributed by atoms with Gasteiger partial charge in [-0.25, -0.2) is 8.42 Å². The third-order valence-corrected chi connectivity index (χ3v) is 4.72. The average molecular weight is 288 g/mol. The van der Waals surface area contributed by atoms with Crippen LogP contribution in [-0.2, 0) is 19.6 Å². The quantitative estimate of drug-likeness (QED) is 0.734. The topological polar surface area (TPSA) is 96.3 Å². The predicted molar refractivity (Wildman–Crippen MR) is 69.5 cm³/mol. The first-order valence-corrected chi connectivity index (χ1v) is 8.10. The van der Waals surface area contributed by atoms with Gasteiger partial charge in [0.05, 0.1) is 25.4 Å². The Balaban J connectivity index is 2.54. The number of rotatable bonds is 6. The number of carbonyl (C=O) groups is 1. The van der Waals surface area contributed by atoms with Crippen molar-refractivity contribution in [3.63, 3.8) is 0 Å². The number of hydrogen-bond donors (Lipinski definition) is 1. The maximum atomic E-state index is 11.8. The van der Waals surface area contributed by atoms with Gasteiger partial charge >= 0.3 is 5.97 Å². The van der Waals surface area contributed by atoms with Crippen molar-refractivity contribution in [3.8, 4) is 6.07 Å². The standard InChI is InChI=1S/C12H20N2O4S/c1-18-12(15)7-8-19(16,17)14-11(9-13)10-5-3-2-4-6-10/h10-11,14H,2-8H2,1H3. The first-order valence-electron chi connectivity index (χ1n) is 6.45. The summed E-state index contributed by atoms with van der Waals surface area (Å²) in [7, 11) is -2.41. The molecule has 1 unspecified atom stereocenters. The molecule has 0 radical (unpaired) electrons. The van der Waals surface area contributed by atoms with Gasteiger partial charge in [0.1, 0.15) is 6.04 Å². The van der Waals surface area contributed by atoms with Gasteiger partial charge in [-0.1, -0.05) is 19.3 Å². The fourth-order valence-corrected chi connectivity index (χ4v) is 3.45. The maximum absolute atomic E-state index is 11.8. The lowest BCUT2D eigenvalue weighted by molar-refractivity contribution is -0.140. The second kappa shape index (κ2) is 7.46. The van der Waals surface area contributed by atoms with Gasteiger partial charge in [-0.05, 0) is 18.8 Å². The Morgan fingerprint density at radius 2 is 2.05 bits per heavy atom. The van der Waals surface area contributed by atoms with Crippen LogP contribution in [0.25, 0.3) is 0 Å². The SMILES string of the molecule is COC(=O)CCS(=O)(=O)NC(C#N)C1CCCCC1. The van der Waals surface area contributed by atoms with E-state index in [2.05, 4.69) is 9.46 Å². The van der Waals surface area contributed by atoms with Crippen LogP contribution in [0.15, 0.2) is 0 Å². The van der Waals surface area contributed by atoms with E-state index in [1.807, 2.05) is 6.07 Å². The van der Waals surface area contributed by atoms with Crippen LogP contribution < -0.4 is 4.72 Å². The van der Waals surface area contributed by atoms with E-state index in [0.717, 1.165) is 32.1 Å². The molecular weight excluding hydrogens is 268 g/mol. The summed E-state index contributed by atoms with van der Waals surface area (Å²) in [5.41, 5.74) is 0. The number of nitrogens with zero attached hydrogens (tertiary/aromatic N) is 1. The van der Waals surface area contributed by atoms with Crippen molar-refractivity contribution in [1.82, 2.24) is 4.72 Å². The van der Waals surface area contributed by atoms with Gasteiger partial charge in [0, 0.05) is 0 Å². The summed E-state index contributed by atoms with van der Waals surface area (Å²) in [5.74, 6) is -0.840. The Labute approximate surface area is 114 Å². The molecule has 0 aromatic rings. The second-order valence-electron chi connectivity index (χ2n) is 4.77. The maximum Gasteiger partial charge on any atom is 0.306 e. The molecule has 0 spiro atoms. The van der Waals surface area contributed by atoms with Crippen LogP contribution in [0.5, 0.6) is 0 Å².